The van der Waals surface area contributed by atoms with Gasteiger partial charge in [0.1, 0.15) is 5.69 Å². The van der Waals surface area contributed by atoms with Crippen molar-refractivity contribution in [3.8, 4) is 0 Å². The van der Waals surface area contributed by atoms with E-state index in [2.05, 4.69) is 5.32 Å². The maximum atomic E-state index is 13.9. The van der Waals surface area contributed by atoms with E-state index in [4.69, 9.17) is 0 Å². The van der Waals surface area contributed by atoms with E-state index in [0.29, 0.717) is 13.0 Å². The minimum atomic E-state index is -2.13. The number of nitrogens with one attached hydrogen (secondary N) is 1. The molecule has 2 atom stereocenters. The van der Waals surface area contributed by atoms with Crippen molar-refractivity contribution in [3.63, 3.8) is 0 Å². The quantitative estimate of drug-likeness (QED) is 0.512. The SMILES string of the molecule is CCC1(C)CN(c2c(F)c(F)c(F)c(F)c2F)C(C)CN1. The van der Waals surface area contributed by atoms with Crippen LogP contribution in [0, 0.1) is 29.1 Å². The molecule has 1 aliphatic rings. The summed E-state index contributed by atoms with van der Waals surface area (Å²) in [6.07, 6.45) is 0.658. The third kappa shape index (κ3) is 2.59. The molecule has 1 saturated heterocycles. The predicted molar refractivity (Wildman–Crippen MR) is 69.7 cm³/mol. The molecule has 1 aliphatic heterocycles. The average Bonchev–Trinajstić information content (AvgIpc) is 2.47. The standard InChI is InChI=1S/C14H17F5N2/c1-4-14(3)6-21(7(2)5-20-14)13-11(18)9(16)8(15)10(17)12(13)19/h7,20H,4-6H2,1-3H3. The Balaban J connectivity index is 2.55. The number of hydrogen-bond donors (Lipinski definition) is 1. The third-order valence-electron chi connectivity index (χ3n) is 4.13. The second kappa shape index (κ2) is 5.44. The van der Waals surface area contributed by atoms with Crippen molar-refractivity contribution >= 4 is 5.69 Å². The fraction of sp³-hybridized carbons (Fsp3) is 0.571. The van der Waals surface area contributed by atoms with Crippen LogP contribution < -0.4 is 10.2 Å². The minimum Gasteiger partial charge on any atom is -0.361 e. The van der Waals surface area contributed by atoms with Crippen LogP contribution in [0.15, 0.2) is 0 Å². The van der Waals surface area contributed by atoms with Crippen LogP contribution in [-0.2, 0) is 0 Å². The highest BCUT2D eigenvalue weighted by Gasteiger charge is 2.37. The van der Waals surface area contributed by atoms with Crippen LogP contribution in [0.3, 0.4) is 0 Å². The van der Waals surface area contributed by atoms with Gasteiger partial charge in [0.15, 0.2) is 23.3 Å². The molecule has 21 heavy (non-hydrogen) atoms. The molecule has 0 radical (unpaired) electrons. The first-order chi connectivity index (χ1) is 9.72. The normalized spacial score (nSPS) is 26.3. The van der Waals surface area contributed by atoms with Gasteiger partial charge in [-0.05, 0) is 20.3 Å². The Hall–Kier alpha value is -1.37. The number of halogens is 5. The molecule has 0 bridgehead atoms. The molecule has 0 aromatic heterocycles. The van der Waals surface area contributed by atoms with Gasteiger partial charge in [-0.15, -0.1) is 0 Å². The molecule has 1 N–H and O–H groups in total. The van der Waals surface area contributed by atoms with E-state index in [1.807, 2.05) is 13.8 Å². The van der Waals surface area contributed by atoms with E-state index in [1.54, 1.807) is 6.92 Å². The van der Waals surface area contributed by atoms with Crippen LogP contribution in [0.25, 0.3) is 0 Å². The lowest BCUT2D eigenvalue weighted by Gasteiger charge is -2.46. The van der Waals surface area contributed by atoms with Crippen LogP contribution in [0.5, 0.6) is 0 Å². The van der Waals surface area contributed by atoms with Crippen molar-refractivity contribution < 1.29 is 22.0 Å². The van der Waals surface area contributed by atoms with Crippen molar-refractivity contribution in [3.05, 3.63) is 29.1 Å². The summed E-state index contributed by atoms with van der Waals surface area (Å²) in [4.78, 5) is 1.25. The number of nitrogens with zero attached hydrogens (tertiary/aromatic N) is 1. The molecule has 2 unspecified atom stereocenters. The number of anilines is 1. The summed E-state index contributed by atoms with van der Waals surface area (Å²) in [5.74, 6) is -9.51. The highest BCUT2D eigenvalue weighted by Crippen LogP contribution is 2.33. The fourth-order valence-electron chi connectivity index (χ4n) is 2.47. The minimum absolute atomic E-state index is 0.156. The smallest absolute Gasteiger partial charge is 0.200 e. The van der Waals surface area contributed by atoms with Crippen molar-refractivity contribution in [1.29, 1.82) is 0 Å². The molecule has 0 spiro atoms. The second-order valence-corrected chi connectivity index (χ2v) is 5.69. The molecule has 7 heteroatoms. The van der Waals surface area contributed by atoms with E-state index >= 15 is 0 Å². The molecule has 1 aromatic carbocycles. The van der Waals surface area contributed by atoms with Crippen LogP contribution in [0.1, 0.15) is 27.2 Å². The summed E-state index contributed by atoms with van der Waals surface area (Å²) in [6, 6.07) is -0.391. The summed E-state index contributed by atoms with van der Waals surface area (Å²) in [5.41, 5.74) is -1.30. The summed E-state index contributed by atoms with van der Waals surface area (Å²) in [5, 5.41) is 3.23. The zero-order chi connectivity index (χ0) is 15.9. The van der Waals surface area contributed by atoms with E-state index in [0.717, 1.165) is 0 Å². The van der Waals surface area contributed by atoms with Gasteiger partial charge in [-0.25, -0.2) is 22.0 Å². The van der Waals surface area contributed by atoms with E-state index < -0.39 is 46.4 Å². The molecule has 118 valence electrons. The van der Waals surface area contributed by atoms with Gasteiger partial charge in [-0.2, -0.15) is 0 Å². The summed E-state index contributed by atoms with van der Waals surface area (Å²) >= 11 is 0. The summed E-state index contributed by atoms with van der Waals surface area (Å²) < 4.78 is 67.7. The van der Waals surface area contributed by atoms with Crippen molar-refractivity contribution in [2.24, 2.45) is 0 Å². The Morgan fingerprint density at radius 1 is 1.05 bits per heavy atom. The van der Waals surface area contributed by atoms with Crippen LogP contribution in [0.2, 0.25) is 0 Å². The van der Waals surface area contributed by atoms with E-state index in [1.165, 1.54) is 4.90 Å². The van der Waals surface area contributed by atoms with Crippen LogP contribution in [0.4, 0.5) is 27.6 Å². The first-order valence-corrected chi connectivity index (χ1v) is 6.75. The predicted octanol–water partition coefficient (Wildman–Crippen LogP) is 3.35. The lowest BCUT2D eigenvalue weighted by Crippen LogP contribution is -2.62. The molecule has 1 fully saturated rings. The van der Waals surface area contributed by atoms with Crippen LogP contribution >= 0.6 is 0 Å². The molecular weight excluding hydrogens is 291 g/mol. The van der Waals surface area contributed by atoms with Crippen molar-refractivity contribution in [1.82, 2.24) is 5.32 Å². The third-order valence-corrected chi connectivity index (χ3v) is 4.13. The topological polar surface area (TPSA) is 15.3 Å². The molecule has 2 rings (SSSR count). The van der Waals surface area contributed by atoms with Gasteiger partial charge in [0, 0.05) is 24.7 Å². The zero-order valence-electron chi connectivity index (χ0n) is 12.0. The zero-order valence-corrected chi connectivity index (χ0v) is 12.0. The first kappa shape index (κ1) is 16.0. The average molecular weight is 308 g/mol. The Bertz CT molecular complexity index is 534. The van der Waals surface area contributed by atoms with Gasteiger partial charge in [-0.1, -0.05) is 6.92 Å². The number of rotatable bonds is 2. The van der Waals surface area contributed by atoms with Gasteiger partial charge in [-0.3, -0.25) is 0 Å². The van der Waals surface area contributed by atoms with E-state index in [9.17, 15) is 22.0 Å². The maximum absolute atomic E-state index is 13.9. The summed E-state index contributed by atoms with van der Waals surface area (Å²) in [7, 11) is 0. The van der Waals surface area contributed by atoms with Crippen molar-refractivity contribution in [2.75, 3.05) is 18.0 Å². The van der Waals surface area contributed by atoms with Crippen LogP contribution in [-0.4, -0.2) is 24.7 Å². The summed E-state index contributed by atoms with van der Waals surface area (Å²) in [6.45, 7) is 5.95. The highest BCUT2D eigenvalue weighted by molar-refractivity contribution is 5.52. The van der Waals surface area contributed by atoms with Gasteiger partial charge >= 0.3 is 0 Å². The Morgan fingerprint density at radius 3 is 2.00 bits per heavy atom. The Morgan fingerprint density at radius 2 is 1.52 bits per heavy atom. The molecule has 1 aromatic rings. The number of piperazine rings is 1. The molecule has 0 aliphatic carbocycles. The van der Waals surface area contributed by atoms with Gasteiger partial charge in [0.05, 0.1) is 0 Å². The maximum Gasteiger partial charge on any atom is 0.200 e. The molecule has 0 amide bonds. The Kier molecular flexibility index (Phi) is 4.15. The number of hydrogen-bond acceptors (Lipinski definition) is 2. The van der Waals surface area contributed by atoms with Gasteiger partial charge in [0.2, 0.25) is 5.82 Å². The molecule has 0 saturated carbocycles. The first-order valence-electron chi connectivity index (χ1n) is 6.75. The highest BCUT2D eigenvalue weighted by atomic mass is 19.2. The number of benzene rings is 1. The Labute approximate surface area is 119 Å². The molecule has 1 heterocycles. The molecular formula is C14H17F5N2. The van der Waals surface area contributed by atoms with E-state index in [-0.39, 0.29) is 6.54 Å². The lowest BCUT2D eigenvalue weighted by molar-refractivity contribution is 0.279. The second-order valence-electron chi connectivity index (χ2n) is 5.69. The van der Waals surface area contributed by atoms with Gasteiger partial charge in [0.25, 0.3) is 0 Å². The van der Waals surface area contributed by atoms with Crippen molar-refractivity contribution in [2.45, 2.75) is 38.8 Å². The lowest BCUT2D eigenvalue weighted by atomic mass is 9.93. The molecule has 2 nitrogen and oxygen atoms in total. The monoisotopic (exact) mass is 308 g/mol. The fourth-order valence-corrected chi connectivity index (χ4v) is 2.47. The van der Waals surface area contributed by atoms with Gasteiger partial charge < -0.3 is 10.2 Å². The largest absolute Gasteiger partial charge is 0.361 e.